The number of benzene rings is 5. The number of hydrogen-bond donors (Lipinski definition) is 0. The predicted molar refractivity (Wildman–Crippen MR) is 229 cm³/mol. The summed E-state index contributed by atoms with van der Waals surface area (Å²) in [6.45, 7) is 4.63. The van der Waals surface area contributed by atoms with Gasteiger partial charge in [0.15, 0.2) is 0 Å². The van der Waals surface area contributed by atoms with Crippen molar-refractivity contribution in [3.8, 4) is 22.5 Å². The van der Waals surface area contributed by atoms with E-state index in [-0.39, 0.29) is 31.2 Å². The number of aryl methyl sites for hydroxylation is 2. The van der Waals surface area contributed by atoms with Crippen LogP contribution >= 0.6 is 0 Å². The predicted octanol–water partition coefficient (Wildman–Crippen LogP) is 13.2. The Kier molecular flexibility index (Phi) is 8.43. The fraction of sp³-hybridized carbons (Fsp3) is 0.265. The third-order valence-electron chi connectivity index (χ3n) is 9.33. The molecule has 8 aromatic rings. The molecule has 8 rings (SSSR count). The summed E-state index contributed by atoms with van der Waals surface area (Å²) in [6, 6.07) is 33.7. The van der Waals surface area contributed by atoms with E-state index < -0.39 is 44.7 Å². The Morgan fingerprint density at radius 1 is 0.833 bits per heavy atom. The summed E-state index contributed by atoms with van der Waals surface area (Å²) in [5.74, 6) is 5.99. The van der Waals surface area contributed by atoms with Crippen LogP contribution in [0.5, 0.6) is 0 Å². The molecule has 1 radical (unpaired) electrons. The van der Waals surface area contributed by atoms with Gasteiger partial charge in [-0.15, -0.1) is 17.7 Å². The molecule has 0 spiro atoms. The van der Waals surface area contributed by atoms with Gasteiger partial charge >= 0.3 is 135 Å². The van der Waals surface area contributed by atoms with Gasteiger partial charge in [-0.1, -0.05) is 73.6 Å². The molecule has 54 heavy (non-hydrogen) atoms. The van der Waals surface area contributed by atoms with E-state index in [1.165, 1.54) is 6.07 Å². The quantitative estimate of drug-likeness (QED) is 0.0980. The maximum atomic E-state index is 8.76. The minimum atomic E-state index is -2.44. The number of hydrogen-bond acceptors (Lipinski definition) is 3. The number of pyridine rings is 2. The van der Waals surface area contributed by atoms with Crippen LogP contribution in [-0.4, -0.2) is 23.2 Å². The molecule has 5 aromatic carbocycles. The summed E-state index contributed by atoms with van der Waals surface area (Å²) in [5, 5.41) is 3.87. The van der Waals surface area contributed by atoms with Crippen molar-refractivity contribution in [1.82, 2.24) is 9.97 Å². The van der Waals surface area contributed by atoms with Crippen LogP contribution < -0.4 is 4.40 Å². The SMILES string of the molecule is [2H]C([2H])([2H])c1cc2ccccc2c2cc3c(cc12)oc1c(-c2cc(C([2H])(C)C)ccn2)[c-]cc(C([2H])([2H])[2H])c13.[2H]C([2H])(c1cc(-c2[c-]cccc2)nc[c]1[Ge]([CH3])([CH3])[CH3])C(C)(C)C.[Ir]. The summed E-state index contributed by atoms with van der Waals surface area (Å²) >= 11 is -2.24. The Hall–Kier alpha value is -4.09. The average molecular weight is 957 g/mol. The maximum Gasteiger partial charge on any atom is 0 e. The van der Waals surface area contributed by atoms with E-state index in [4.69, 9.17) is 16.8 Å². The Bertz CT molecular complexity index is 2980. The van der Waals surface area contributed by atoms with E-state index in [1.54, 1.807) is 44.3 Å². The molecule has 0 aliphatic carbocycles. The zero-order chi connectivity index (χ0) is 45.4. The summed E-state index contributed by atoms with van der Waals surface area (Å²) in [4.78, 5) is 9.11. The van der Waals surface area contributed by atoms with Gasteiger partial charge in [0.05, 0.1) is 5.58 Å². The molecule has 0 unspecified atom stereocenters. The normalized spacial score (nSPS) is 15.4. The second-order valence-corrected chi connectivity index (χ2v) is 26.4. The Balaban J connectivity index is 0.000000236. The molecule has 0 N–H and O–H groups in total. The molecule has 0 bridgehead atoms. The zero-order valence-corrected chi connectivity index (χ0v) is 36.4. The molecular weight excluding hydrogens is 897 g/mol. The Labute approximate surface area is 350 Å². The molecule has 0 saturated heterocycles. The summed E-state index contributed by atoms with van der Waals surface area (Å²) in [7, 11) is 0. The largest absolute Gasteiger partial charge is 0 e. The average Bonchev–Trinajstić information content (AvgIpc) is 3.56. The van der Waals surface area contributed by atoms with Crippen molar-refractivity contribution in [2.24, 2.45) is 5.41 Å². The van der Waals surface area contributed by atoms with Gasteiger partial charge in [0.2, 0.25) is 0 Å². The van der Waals surface area contributed by atoms with Crippen molar-refractivity contribution >= 4 is 61.1 Å². The fourth-order valence-corrected chi connectivity index (χ4v) is 9.67. The van der Waals surface area contributed by atoms with Crippen molar-refractivity contribution in [3.63, 3.8) is 0 Å². The zero-order valence-electron chi connectivity index (χ0n) is 41.0. The van der Waals surface area contributed by atoms with Crippen molar-refractivity contribution in [2.45, 2.75) is 77.9 Å². The third kappa shape index (κ3) is 8.13. The molecule has 3 aromatic heterocycles. The monoisotopic (exact) mass is 958 g/mol. The number of aromatic nitrogens is 2. The van der Waals surface area contributed by atoms with Crippen molar-refractivity contribution in [3.05, 3.63) is 138 Å². The molecular formula is C49H50GeIrN2O-2. The van der Waals surface area contributed by atoms with E-state index in [0.717, 1.165) is 37.6 Å². The van der Waals surface area contributed by atoms with E-state index in [1.807, 2.05) is 87.6 Å². The standard InChI is InChI=1S/C30H24NO.C19H26GeN.Ir/c1-17(2)20-11-12-31-27(14-20)23-10-9-18(3)29-26-15-25-22-8-6-5-7-21(22)13-19(4)24(25)16-28(26)32-30(23)29;1-19(2,3)13-16-12-18(15-10-8-7-9-11-15)21-14-17(16)20(4,5)6;/h5-9,11-17H,1-4H3;7-10,12,14H,13H2,1-6H3;/q2*-1;/i3D3,4D3,17D;13D2;. The summed E-state index contributed by atoms with van der Waals surface area (Å²) in [6.07, 6.45) is 2.12. The number of rotatable bonds is 5. The van der Waals surface area contributed by atoms with Gasteiger partial charge < -0.3 is 9.40 Å². The van der Waals surface area contributed by atoms with Crippen molar-refractivity contribution in [1.29, 1.82) is 0 Å². The molecule has 3 nitrogen and oxygen atoms in total. The molecule has 5 heteroatoms. The van der Waals surface area contributed by atoms with E-state index in [2.05, 4.69) is 39.4 Å². The second-order valence-electron chi connectivity index (χ2n) is 15.9. The molecule has 3 heterocycles. The van der Waals surface area contributed by atoms with Crippen LogP contribution in [0.3, 0.4) is 0 Å². The molecule has 0 aliphatic rings. The van der Waals surface area contributed by atoms with Crippen molar-refractivity contribution < 1.29 is 36.9 Å². The van der Waals surface area contributed by atoms with Crippen LogP contribution in [0.1, 0.15) is 75.1 Å². The second kappa shape index (κ2) is 15.6. The molecule has 277 valence electrons. The Morgan fingerprint density at radius 2 is 1.61 bits per heavy atom. The van der Waals surface area contributed by atoms with Gasteiger partial charge in [0.25, 0.3) is 0 Å². The van der Waals surface area contributed by atoms with Gasteiger partial charge in [-0.25, -0.2) is 0 Å². The van der Waals surface area contributed by atoms with Crippen molar-refractivity contribution in [2.75, 3.05) is 0 Å². The van der Waals surface area contributed by atoms with Crippen LogP contribution in [0, 0.1) is 31.3 Å². The van der Waals surface area contributed by atoms with E-state index in [0.29, 0.717) is 44.0 Å². The van der Waals surface area contributed by atoms with E-state index >= 15 is 0 Å². The fourth-order valence-electron chi connectivity index (χ4n) is 6.74. The van der Waals surface area contributed by atoms with Gasteiger partial charge in [-0.3, -0.25) is 0 Å². The first kappa shape index (κ1) is 29.2. The van der Waals surface area contributed by atoms with Crippen LogP contribution in [-0.2, 0) is 26.5 Å². The third-order valence-corrected chi connectivity index (χ3v) is 13.6. The maximum absolute atomic E-state index is 8.76. The topological polar surface area (TPSA) is 38.9 Å². The molecule has 0 atom stereocenters. The smallest absolute Gasteiger partial charge is 0 e. The minimum absolute atomic E-state index is 0. The van der Waals surface area contributed by atoms with Gasteiger partial charge in [0, 0.05) is 41.3 Å². The van der Waals surface area contributed by atoms with Crippen LogP contribution in [0.25, 0.3) is 66.0 Å². The summed E-state index contributed by atoms with van der Waals surface area (Å²) < 4.78 is 82.6. The molecule has 0 fully saturated rings. The Morgan fingerprint density at radius 3 is 2.31 bits per heavy atom. The van der Waals surface area contributed by atoms with E-state index in [9.17, 15) is 0 Å². The molecule has 0 saturated carbocycles. The van der Waals surface area contributed by atoms with Gasteiger partial charge in [-0.2, -0.15) is 0 Å². The number of fused-ring (bicyclic) bond motifs is 6. The van der Waals surface area contributed by atoms with Crippen LogP contribution in [0.15, 0.2) is 108 Å². The number of furan rings is 1. The van der Waals surface area contributed by atoms with Crippen LogP contribution in [0.2, 0.25) is 17.3 Å². The molecule has 0 amide bonds. The first-order chi connectivity index (χ1) is 28.7. The minimum Gasteiger partial charge on any atom is 0 e. The molecule has 0 aliphatic heterocycles. The van der Waals surface area contributed by atoms with Gasteiger partial charge in [0.1, 0.15) is 5.58 Å². The summed E-state index contributed by atoms with van der Waals surface area (Å²) in [5.41, 5.74) is 4.73. The van der Waals surface area contributed by atoms with Crippen LogP contribution in [0.4, 0.5) is 0 Å². The first-order valence-electron chi connectivity index (χ1n) is 22.4. The van der Waals surface area contributed by atoms with Gasteiger partial charge in [-0.05, 0) is 63.7 Å². The number of nitrogens with zero attached hydrogens (tertiary/aromatic N) is 2. The first-order valence-corrected chi connectivity index (χ1v) is 25.2.